The quantitative estimate of drug-likeness (QED) is 0.313. The Morgan fingerprint density at radius 2 is 1.86 bits per heavy atom. The van der Waals surface area contributed by atoms with Gasteiger partial charge in [-0.1, -0.05) is 6.92 Å². The minimum absolute atomic E-state index is 0.0999. The van der Waals surface area contributed by atoms with Crippen molar-refractivity contribution in [1.29, 1.82) is 0 Å². The standard InChI is InChI=1S/C15H35N5O2/c1-13(12-22-20(5)11-7-16)14(2)17-8-9-18-15(21)6-10-19(3)4/h13-14,17H,6-12,16H2,1-5H3,(H,18,21). The lowest BCUT2D eigenvalue weighted by molar-refractivity contribution is -0.149. The van der Waals surface area contributed by atoms with Gasteiger partial charge in [0.2, 0.25) is 5.91 Å². The van der Waals surface area contributed by atoms with Gasteiger partial charge in [0.05, 0.1) is 6.61 Å². The van der Waals surface area contributed by atoms with Crippen LogP contribution in [0.25, 0.3) is 0 Å². The van der Waals surface area contributed by atoms with Gasteiger partial charge in [-0.2, -0.15) is 5.06 Å². The predicted octanol–water partition coefficient (Wildman–Crippen LogP) is -0.509. The number of nitrogens with zero attached hydrogens (tertiary/aromatic N) is 2. The Balaban J connectivity index is 3.66. The molecule has 7 heteroatoms. The lowest BCUT2D eigenvalue weighted by Gasteiger charge is -2.24. The molecule has 0 radical (unpaired) electrons. The Bertz CT molecular complexity index is 289. The van der Waals surface area contributed by atoms with Crippen molar-refractivity contribution in [2.75, 3.05) is 60.5 Å². The summed E-state index contributed by atoms with van der Waals surface area (Å²) in [5.41, 5.74) is 5.47. The molecule has 0 spiro atoms. The number of amides is 1. The van der Waals surface area contributed by atoms with Crippen molar-refractivity contribution in [2.45, 2.75) is 26.3 Å². The number of carbonyl (C=O) groups is 1. The molecule has 0 rings (SSSR count). The molecule has 0 aliphatic carbocycles. The van der Waals surface area contributed by atoms with Crippen molar-refractivity contribution in [1.82, 2.24) is 20.6 Å². The fourth-order valence-corrected chi connectivity index (χ4v) is 1.75. The molecule has 0 aliphatic rings. The first-order valence-corrected chi connectivity index (χ1v) is 8.05. The van der Waals surface area contributed by atoms with E-state index in [1.54, 1.807) is 5.06 Å². The summed E-state index contributed by atoms with van der Waals surface area (Å²) >= 11 is 0. The second-order valence-corrected chi connectivity index (χ2v) is 6.06. The van der Waals surface area contributed by atoms with Crippen LogP contribution in [0, 0.1) is 5.92 Å². The van der Waals surface area contributed by atoms with E-state index in [-0.39, 0.29) is 5.91 Å². The van der Waals surface area contributed by atoms with Crippen LogP contribution in [-0.2, 0) is 9.63 Å². The highest BCUT2D eigenvalue weighted by Crippen LogP contribution is 2.03. The van der Waals surface area contributed by atoms with Gasteiger partial charge in [0, 0.05) is 52.2 Å². The van der Waals surface area contributed by atoms with Crippen molar-refractivity contribution in [3.8, 4) is 0 Å². The molecule has 0 fully saturated rings. The van der Waals surface area contributed by atoms with E-state index in [0.717, 1.165) is 19.6 Å². The molecule has 0 aromatic rings. The normalized spacial score (nSPS) is 14.4. The van der Waals surface area contributed by atoms with Gasteiger partial charge in [0.25, 0.3) is 0 Å². The van der Waals surface area contributed by atoms with E-state index >= 15 is 0 Å². The maximum absolute atomic E-state index is 11.6. The van der Waals surface area contributed by atoms with Crippen LogP contribution in [0.1, 0.15) is 20.3 Å². The summed E-state index contributed by atoms with van der Waals surface area (Å²) in [6.45, 7) is 8.43. The van der Waals surface area contributed by atoms with E-state index in [9.17, 15) is 4.79 Å². The highest BCUT2D eigenvalue weighted by molar-refractivity contribution is 5.76. The van der Waals surface area contributed by atoms with Gasteiger partial charge < -0.3 is 21.3 Å². The first kappa shape index (κ1) is 21.3. The second-order valence-electron chi connectivity index (χ2n) is 6.06. The fourth-order valence-electron chi connectivity index (χ4n) is 1.75. The Kier molecular flexibility index (Phi) is 12.4. The predicted molar refractivity (Wildman–Crippen MR) is 90.4 cm³/mol. The van der Waals surface area contributed by atoms with Crippen molar-refractivity contribution in [3.63, 3.8) is 0 Å². The molecule has 0 saturated carbocycles. The number of carbonyl (C=O) groups excluding carboxylic acids is 1. The zero-order valence-corrected chi connectivity index (χ0v) is 14.9. The molecule has 1 amide bonds. The zero-order valence-electron chi connectivity index (χ0n) is 14.9. The highest BCUT2D eigenvalue weighted by atomic mass is 16.7. The molecule has 0 aromatic carbocycles. The second kappa shape index (κ2) is 12.8. The molecule has 0 aromatic heterocycles. The molecule has 0 bridgehead atoms. The number of likely N-dealkylation sites (N-methyl/N-ethyl adjacent to an activating group) is 1. The largest absolute Gasteiger partial charge is 0.355 e. The topological polar surface area (TPSA) is 82.9 Å². The maximum atomic E-state index is 11.6. The summed E-state index contributed by atoms with van der Waals surface area (Å²) in [5.74, 6) is 0.479. The third kappa shape index (κ3) is 11.9. The Morgan fingerprint density at radius 3 is 2.45 bits per heavy atom. The van der Waals surface area contributed by atoms with Crippen molar-refractivity contribution < 1.29 is 9.63 Å². The number of hydrogen-bond acceptors (Lipinski definition) is 6. The summed E-state index contributed by atoms with van der Waals surface area (Å²) in [7, 11) is 5.82. The van der Waals surface area contributed by atoms with E-state index < -0.39 is 0 Å². The number of hydroxylamine groups is 2. The molecule has 7 nitrogen and oxygen atoms in total. The van der Waals surface area contributed by atoms with Crippen LogP contribution in [-0.4, -0.2) is 82.4 Å². The minimum atomic E-state index is 0.0999. The Hall–Kier alpha value is -0.730. The first-order valence-electron chi connectivity index (χ1n) is 8.05. The molecule has 132 valence electrons. The average molecular weight is 317 g/mol. The van der Waals surface area contributed by atoms with Crippen molar-refractivity contribution in [2.24, 2.45) is 11.7 Å². The van der Waals surface area contributed by atoms with E-state index in [4.69, 9.17) is 10.6 Å². The smallest absolute Gasteiger partial charge is 0.221 e. The SMILES string of the molecule is CC(CON(C)CCN)C(C)NCCNC(=O)CCN(C)C. The van der Waals surface area contributed by atoms with Crippen LogP contribution < -0.4 is 16.4 Å². The average Bonchev–Trinajstić information content (AvgIpc) is 2.47. The minimum Gasteiger partial charge on any atom is -0.355 e. The molecule has 2 atom stereocenters. The lowest BCUT2D eigenvalue weighted by Crippen LogP contribution is -2.41. The lowest BCUT2D eigenvalue weighted by atomic mass is 10.1. The van der Waals surface area contributed by atoms with Crippen molar-refractivity contribution >= 4 is 5.91 Å². The fraction of sp³-hybridized carbons (Fsp3) is 0.933. The number of hydrogen-bond donors (Lipinski definition) is 3. The van der Waals surface area contributed by atoms with Gasteiger partial charge in [-0.05, 0) is 26.9 Å². The highest BCUT2D eigenvalue weighted by Gasteiger charge is 2.13. The number of nitrogens with two attached hydrogens (primary N) is 1. The summed E-state index contributed by atoms with van der Waals surface area (Å²) < 4.78 is 0. The monoisotopic (exact) mass is 317 g/mol. The summed E-state index contributed by atoms with van der Waals surface area (Å²) in [6, 6.07) is 0.324. The van der Waals surface area contributed by atoms with Crippen LogP contribution in [0.4, 0.5) is 0 Å². The third-order valence-electron chi connectivity index (χ3n) is 3.55. The number of nitrogens with one attached hydrogen (secondary N) is 2. The van der Waals surface area contributed by atoms with E-state index in [1.807, 2.05) is 26.0 Å². The van der Waals surface area contributed by atoms with Gasteiger partial charge in [-0.3, -0.25) is 9.63 Å². The van der Waals surface area contributed by atoms with Gasteiger partial charge in [0.15, 0.2) is 0 Å². The van der Waals surface area contributed by atoms with E-state index in [0.29, 0.717) is 38.1 Å². The summed E-state index contributed by atoms with van der Waals surface area (Å²) in [4.78, 5) is 19.2. The van der Waals surface area contributed by atoms with Crippen LogP contribution in [0.15, 0.2) is 0 Å². The molecular weight excluding hydrogens is 282 g/mol. The first-order chi connectivity index (χ1) is 10.4. The van der Waals surface area contributed by atoms with Crippen LogP contribution in [0.2, 0.25) is 0 Å². The van der Waals surface area contributed by atoms with Gasteiger partial charge in [-0.15, -0.1) is 0 Å². The molecule has 2 unspecified atom stereocenters. The maximum Gasteiger partial charge on any atom is 0.221 e. The molecular formula is C15H35N5O2. The molecule has 0 aliphatic heterocycles. The van der Waals surface area contributed by atoms with E-state index in [1.165, 1.54) is 0 Å². The Morgan fingerprint density at radius 1 is 1.18 bits per heavy atom. The molecule has 4 N–H and O–H groups in total. The van der Waals surface area contributed by atoms with Crippen molar-refractivity contribution in [3.05, 3.63) is 0 Å². The van der Waals surface area contributed by atoms with Gasteiger partial charge in [-0.25, -0.2) is 0 Å². The summed E-state index contributed by atoms with van der Waals surface area (Å²) in [6.07, 6.45) is 0.542. The van der Waals surface area contributed by atoms with Gasteiger partial charge >= 0.3 is 0 Å². The van der Waals surface area contributed by atoms with Crippen LogP contribution >= 0.6 is 0 Å². The Labute approximate surface area is 135 Å². The van der Waals surface area contributed by atoms with E-state index in [2.05, 4.69) is 24.5 Å². The third-order valence-corrected chi connectivity index (χ3v) is 3.55. The summed E-state index contributed by atoms with van der Waals surface area (Å²) in [5, 5.41) is 8.10. The van der Waals surface area contributed by atoms with Gasteiger partial charge in [0.1, 0.15) is 0 Å². The molecule has 0 saturated heterocycles. The number of rotatable bonds is 13. The van der Waals surface area contributed by atoms with Crippen LogP contribution in [0.5, 0.6) is 0 Å². The van der Waals surface area contributed by atoms with Crippen LogP contribution in [0.3, 0.4) is 0 Å². The molecule has 22 heavy (non-hydrogen) atoms. The molecule has 0 heterocycles. The zero-order chi connectivity index (χ0) is 17.0.